The molecule has 2 aromatic carbocycles. The van der Waals surface area contributed by atoms with Crippen molar-refractivity contribution in [3.63, 3.8) is 0 Å². The zero-order valence-electron chi connectivity index (χ0n) is 16.9. The molecule has 0 spiro atoms. The number of rotatable bonds is 5. The molecule has 6 heteroatoms. The summed E-state index contributed by atoms with van der Waals surface area (Å²) >= 11 is 0. The van der Waals surface area contributed by atoms with E-state index >= 15 is 0 Å². The smallest absolute Gasteiger partial charge is 0.251 e. The number of carbonyl (C=O) groups is 1. The van der Waals surface area contributed by atoms with Crippen LogP contribution >= 0.6 is 0 Å². The lowest BCUT2D eigenvalue weighted by atomic mass is 10.1. The lowest BCUT2D eigenvalue weighted by molar-refractivity contribution is 0.0963. The highest BCUT2D eigenvalue weighted by Crippen LogP contribution is 2.24. The highest BCUT2D eigenvalue weighted by molar-refractivity contribution is 5.94. The Labute approximate surface area is 171 Å². The van der Waals surface area contributed by atoms with Gasteiger partial charge in [-0.2, -0.15) is 0 Å². The second-order valence-electron chi connectivity index (χ2n) is 7.28. The van der Waals surface area contributed by atoms with Gasteiger partial charge in [0.15, 0.2) is 0 Å². The number of nitrogens with one attached hydrogen (secondary N) is 1. The van der Waals surface area contributed by atoms with Crippen LogP contribution in [0, 0.1) is 6.92 Å². The summed E-state index contributed by atoms with van der Waals surface area (Å²) in [5, 5.41) is 2.63. The highest BCUT2D eigenvalue weighted by atomic mass is 16.4. The second kappa shape index (κ2) is 8.49. The number of aromatic nitrogens is 1. The van der Waals surface area contributed by atoms with Crippen LogP contribution in [0.1, 0.15) is 21.8 Å². The molecule has 0 aliphatic carbocycles. The number of nitrogens with zero attached hydrogens (tertiary/aromatic N) is 3. The Bertz CT molecular complexity index is 958. The average molecular weight is 390 g/mol. The lowest BCUT2D eigenvalue weighted by Gasteiger charge is -2.35. The van der Waals surface area contributed by atoms with Crippen molar-refractivity contribution in [2.24, 2.45) is 0 Å². The van der Waals surface area contributed by atoms with Gasteiger partial charge >= 0.3 is 0 Å². The van der Waals surface area contributed by atoms with Crippen LogP contribution < -0.4 is 10.2 Å². The van der Waals surface area contributed by atoms with E-state index in [1.807, 2.05) is 19.1 Å². The van der Waals surface area contributed by atoms with Gasteiger partial charge < -0.3 is 14.6 Å². The molecule has 1 aliphatic rings. The molecular formula is C23H26N4O2. The van der Waals surface area contributed by atoms with Crippen LogP contribution in [0.5, 0.6) is 0 Å². The normalized spacial score (nSPS) is 14.8. The first-order chi connectivity index (χ1) is 14.1. The van der Waals surface area contributed by atoms with E-state index in [0.29, 0.717) is 11.5 Å². The van der Waals surface area contributed by atoms with Gasteiger partial charge in [0.25, 0.3) is 5.91 Å². The lowest BCUT2D eigenvalue weighted by Crippen LogP contribution is -2.46. The molecule has 4 rings (SSSR count). The second-order valence-corrected chi connectivity index (χ2v) is 7.28. The number of hydrogen-bond acceptors (Lipinski definition) is 5. The third kappa shape index (κ3) is 4.32. The summed E-state index contributed by atoms with van der Waals surface area (Å²) in [5.41, 5.74) is 3.76. The number of para-hydroxylation sites is 1. The number of piperazine rings is 1. The first-order valence-corrected chi connectivity index (χ1v) is 9.95. The maximum atomic E-state index is 11.7. The molecule has 1 aliphatic heterocycles. The van der Waals surface area contributed by atoms with Gasteiger partial charge in [0, 0.05) is 56.6 Å². The van der Waals surface area contributed by atoms with E-state index in [2.05, 4.69) is 45.4 Å². The van der Waals surface area contributed by atoms with Crippen molar-refractivity contribution in [2.75, 3.05) is 38.1 Å². The topological polar surface area (TPSA) is 61.6 Å². The van der Waals surface area contributed by atoms with Crippen LogP contribution in [0.2, 0.25) is 0 Å². The van der Waals surface area contributed by atoms with Gasteiger partial charge in [-0.05, 0) is 43.3 Å². The van der Waals surface area contributed by atoms with Gasteiger partial charge in [-0.1, -0.05) is 18.2 Å². The Morgan fingerprint density at radius 3 is 2.38 bits per heavy atom. The molecular weight excluding hydrogens is 364 g/mol. The maximum Gasteiger partial charge on any atom is 0.251 e. The summed E-state index contributed by atoms with van der Waals surface area (Å²) in [6.45, 7) is 6.76. The minimum absolute atomic E-state index is 0.101. The summed E-state index contributed by atoms with van der Waals surface area (Å²) in [6, 6.07) is 17.9. The Balaban J connectivity index is 1.39. The number of oxazole rings is 1. The van der Waals surface area contributed by atoms with Crippen molar-refractivity contribution in [1.82, 2.24) is 15.2 Å². The number of hydrogen-bond donors (Lipinski definition) is 1. The number of benzene rings is 2. The summed E-state index contributed by atoms with van der Waals surface area (Å²) < 4.78 is 5.91. The van der Waals surface area contributed by atoms with Gasteiger partial charge in [-0.3, -0.25) is 9.69 Å². The van der Waals surface area contributed by atoms with Crippen molar-refractivity contribution < 1.29 is 9.21 Å². The molecule has 0 unspecified atom stereocenters. The zero-order chi connectivity index (χ0) is 20.2. The molecule has 1 saturated heterocycles. The van der Waals surface area contributed by atoms with Gasteiger partial charge in [0.1, 0.15) is 5.76 Å². The van der Waals surface area contributed by atoms with E-state index in [1.54, 1.807) is 19.2 Å². The van der Waals surface area contributed by atoms with Gasteiger partial charge in [0.05, 0.1) is 5.69 Å². The Morgan fingerprint density at radius 1 is 1.03 bits per heavy atom. The molecule has 0 radical (unpaired) electrons. The first kappa shape index (κ1) is 19.2. The largest absolute Gasteiger partial charge is 0.441 e. The van der Waals surface area contributed by atoms with Gasteiger partial charge in [0.2, 0.25) is 5.89 Å². The number of aryl methyl sites for hydroxylation is 1. The molecule has 1 fully saturated rings. The highest BCUT2D eigenvalue weighted by Gasteiger charge is 2.20. The fourth-order valence-corrected chi connectivity index (χ4v) is 3.62. The predicted octanol–water partition coefficient (Wildman–Crippen LogP) is 3.33. The van der Waals surface area contributed by atoms with Crippen molar-refractivity contribution >= 4 is 11.6 Å². The Hall–Kier alpha value is -3.12. The van der Waals surface area contributed by atoms with E-state index in [9.17, 15) is 4.79 Å². The molecule has 2 heterocycles. The Kier molecular flexibility index (Phi) is 5.62. The minimum atomic E-state index is -0.101. The van der Waals surface area contributed by atoms with Crippen LogP contribution in [-0.4, -0.2) is 49.0 Å². The summed E-state index contributed by atoms with van der Waals surface area (Å²) in [4.78, 5) is 21.3. The summed E-state index contributed by atoms with van der Waals surface area (Å²) in [6.07, 6.45) is 0. The Morgan fingerprint density at radius 2 is 1.72 bits per heavy atom. The van der Waals surface area contributed by atoms with Crippen molar-refractivity contribution in [2.45, 2.75) is 13.5 Å². The number of carbonyl (C=O) groups excluding carboxylic acids is 1. The van der Waals surface area contributed by atoms with E-state index in [4.69, 9.17) is 9.40 Å². The molecule has 1 N–H and O–H groups in total. The third-order valence-electron chi connectivity index (χ3n) is 5.38. The standard InChI is InChI=1S/C23H26N4O2/c1-17-21(16-26-12-14-27(15-13-26)20-6-4-3-5-7-20)25-23(29-17)19-10-8-18(9-11-19)22(28)24-2/h3-11H,12-16H2,1-2H3,(H,24,28). The molecule has 0 saturated carbocycles. The molecule has 29 heavy (non-hydrogen) atoms. The van der Waals surface area contributed by atoms with Crippen LogP contribution in [-0.2, 0) is 6.54 Å². The van der Waals surface area contributed by atoms with Crippen LogP contribution in [0.25, 0.3) is 11.5 Å². The summed E-state index contributed by atoms with van der Waals surface area (Å²) in [7, 11) is 1.62. The SMILES string of the molecule is CNC(=O)c1ccc(-c2nc(CN3CCN(c4ccccc4)CC3)c(C)o2)cc1. The molecule has 0 atom stereocenters. The quantitative estimate of drug-likeness (QED) is 0.724. The molecule has 150 valence electrons. The fraction of sp³-hybridized carbons (Fsp3) is 0.304. The van der Waals surface area contributed by atoms with E-state index in [-0.39, 0.29) is 5.91 Å². The van der Waals surface area contributed by atoms with Crippen molar-refractivity contribution in [1.29, 1.82) is 0 Å². The first-order valence-electron chi connectivity index (χ1n) is 9.95. The average Bonchev–Trinajstić information content (AvgIpc) is 3.14. The molecule has 6 nitrogen and oxygen atoms in total. The number of amides is 1. The monoisotopic (exact) mass is 390 g/mol. The van der Waals surface area contributed by atoms with E-state index < -0.39 is 0 Å². The molecule has 0 bridgehead atoms. The third-order valence-corrected chi connectivity index (χ3v) is 5.38. The van der Waals surface area contributed by atoms with Crippen LogP contribution in [0.3, 0.4) is 0 Å². The van der Waals surface area contributed by atoms with Gasteiger partial charge in [-0.15, -0.1) is 0 Å². The maximum absolute atomic E-state index is 11.7. The van der Waals surface area contributed by atoms with Crippen LogP contribution in [0.4, 0.5) is 5.69 Å². The van der Waals surface area contributed by atoms with Gasteiger partial charge in [-0.25, -0.2) is 4.98 Å². The van der Waals surface area contributed by atoms with Crippen molar-refractivity contribution in [3.8, 4) is 11.5 Å². The zero-order valence-corrected chi connectivity index (χ0v) is 16.9. The van der Waals surface area contributed by atoms with E-state index in [0.717, 1.165) is 49.7 Å². The molecule has 1 amide bonds. The predicted molar refractivity (Wildman–Crippen MR) is 114 cm³/mol. The summed E-state index contributed by atoms with van der Waals surface area (Å²) in [5.74, 6) is 1.35. The molecule has 1 aromatic heterocycles. The van der Waals surface area contributed by atoms with E-state index in [1.165, 1.54) is 5.69 Å². The van der Waals surface area contributed by atoms with Crippen molar-refractivity contribution in [3.05, 3.63) is 71.6 Å². The minimum Gasteiger partial charge on any atom is -0.441 e. The fourth-order valence-electron chi connectivity index (χ4n) is 3.62. The molecule has 3 aromatic rings. The van der Waals surface area contributed by atoms with Crippen LogP contribution in [0.15, 0.2) is 59.0 Å². The number of anilines is 1.